The van der Waals surface area contributed by atoms with E-state index in [2.05, 4.69) is 80.9 Å². The van der Waals surface area contributed by atoms with Crippen LogP contribution in [-0.2, 0) is 9.59 Å². The molecule has 0 aliphatic carbocycles. The smallest absolute Gasteiger partial charge is 0.267 e. The number of rotatable bonds is 15. The van der Waals surface area contributed by atoms with Crippen LogP contribution in [0.5, 0.6) is 0 Å². The van der Waals surface area contributed by atoms with Crippen molar-refractivity contribution in [2.75, 3.05) is 6.54 Å². The van der Waals surface area contributed by atoms with Gasteiger partial charge in [-0.2, -0.15) is 0 Å². The lowest BCUT2D eigenvalue weighted by Crippen LogP contribution is -2.64. The number of imide groups is 1. The van der Waals surface area contributed by atoms with Gasteiger partial charge in [0.1, 0.15) is 0 Å². The van der Waals surface area contributed by atoms with Crippen molar-refractivity contribution < 1.29 is 9.59 Å². The fourth-order valence-corrected chi connectivity index (χ4v) is 3.49. The lowest BCUT2D eigenvalue weighted by Gasteiger charge is -2.38. The van der Waals surface area contributed by atoms with Crippen LogP contribution in [0.15, 0.2) is 73.5 Å². The Morgan fingerprint density at radius 2 is 1.49 bits per heavy atom. The zero-order chi connectivity index (χ0) is 26.4. The lowest BCUT2D eigenvalue weighted by molar-refractivity contribution is -0.137. The Labute approximate surface area is 214 Å². The van der Waals surface area contributed by atoms with Gasteiger partial charge in [-0.05, 0) is 57.8 Å². The molecular weight excluding hydrogens is 434 g/mol. The molecule has 5 nitrogen and oxygen atoms in total. The summed E-state index contributed by atoms with van der Waals surface area (Å²) in [7, 11) is 0. The highest BCUT2D eigenvalue weighted by Gasteiger charge is 2.41. The number of likely N-dealkylation sites (tertiary alicyclic amines) is 1. The van der Waals surface area contributed by atoms with Crippen molar-refractivity contribution >= 4 is 11.8 Å². The second-order valence-electron chi connectivity index (χ2n) is 8.69. The predicted molar refractivity (Wildman–Crippen MR) is 150 cm³/mol. The first-order valence-corrected chi connectivity index (χ1v) is 13.2. The maximum atomic E-state index is 12.6. The van der Waals surface area contributed by atoms with E-state index in [0.29, 0.717) is 25.8 Å². The predicted octanol–water partition coefficient (Wildman–Crippen LogP) is 6.86. The van der Waals surface area contributed by atoms with E-state index in [9.17, 15) is 9.59 Å². The Morgan fingerprint density at radius 3 is 1.94 bits per heavy atom. The fraction of sp³-hybridized carbons (Fsp3) is 0.533. The van der Waals surface area contributed by atoms with Crippen molar-refractivity contribution in [3.63, 3.8) is 0 Å². The molecule has 1 atom stereocenters. The van der Waals surface area contributed by atoms with Crippen molar-refractivity contribution in [1.82, 2.24) is 10.2 Å². The second kappa shape index (κ2) is 20.7. The van der Waals surface area contributed by atoms with Crippen LogP contribution in [0.25, 0.3) is 0 Å². The number of amides is 2. The first-order valence-electron chi connectivity index (χ1n) is 13.2. The van der Waals surface area contributed by atoms with Crippen molar-refractivity contribution in [2.24, 2.45) is 5.73 Å². The van der Waals surface area contributed by atoms with Gasteiger partial charge in [0.25, 0.3) is 5.91 Å². The molecule has 1 fully saturated rings. The molecule has 1 aliphatic rings. The maximum absolute atomic E-state index is 12.6. The molecule has 5 heteroatoms. The molecule has 0 bridgehead atoms. The Hall–Kier alpha value is -2.66. The Bertz CT molecular complexity index is 749. The van der Waals surface area contributed by atoms with Gasteiger partial charge in [0.05, 0.1) is 0 Å². The van der Waals surface area contributed by atoms with E-state index in [1.807, 2.05) is 17.9 Å². The largest absolute Gasteiger partial charge is 0.350 e. The summed E-state index contributed by atoms with van der Waals surface area (Å²) >= 11 is 0. The molecule has 3 N–H and O–H groups in total. The molecular formula is C30H49N3O2. The second-order valence-corrected chi connectivity index (χ2v) is 8.69. The minimum Gasteiger partial charge on any atom is -0.350 e. The molecule has 0 unspecified atom stereocenters. The Morgan fingerprint density at radius 1 is 0.971 bits per heavy atom. The number of hydrogen-bond donors (Lipinski definition) is 2. The number of nitrogens with one attached hydrogen (secondary N) is 1. The number of carbonyl (C=O) groups excluding carboxylic acids is 2. The monoisotopic (exact) mass is 483 g/mol. The van der Waals surface area contributed by atoms with Gasteiger partial charge in [0, 0.05) is 18.7 Å². The van der Waals surface area contributed by atoms with Crippen LogP contribution in [0.4, 0.5) is 0 Å². The maximum Gasteiger partial charge on any atom is 0.267 e. The molecule has 0 aromatic heterocycles. The van der Waals surface area contributed by atoms with Gasteiger partial charge in [-0.15, -0.1) is 6.58 Å². The molecule has 1 rings (SSSR count). The summed E-state index contributed by atoms with van der Waals surface area (Å²) in [5, 5.41) is 2.48. The topological polar surface area (TPSA) is 75.4 Å². The van der Waals surface area contributed by atoms with Crippen molar-refractivity contribution in [3.05, 3.63) is 73.5 Å². The van der Waals surface area contributed by atoms with E-state index in [1.165, 1.54) is 6.42 Å². The highest BCUT2D eigenvalue weighted by molar-refractivity contribution is 5.99. The van der Waals surface area contributed by atoms with Crippen LogP contribution in [-0.4, -0.2) is 28.9 Å². The average molecular weight is 484 g/mol. The molecule has 0 saturated carbocycles. The average Bonchev–Trinajstić information content (AvgIpc) is 3.27. The van der Waals surface area contributed by atoms with Crippen molar-refractivity contribution in [3.8, 4) is 0 Å². The zero-order valence-corrected chi connectivity index (χ0v) is 22.4. The van der Waals surface area contributed by atoms with Gasteiger partial charge in [-0.3, -0.25) is 14.9 Å². The number of carbonyl (C=O) groups is 2. The first-order chi connectivity index (χ1) is 16.9. The van der Waals surface area contributed by atoms with Gasteiger partial charge in [0.15, 0.2) is 5.66 Å². The highest BCUT2D eigenvalue weighted by Crippen LogP contribution is 2.27. The fourth-order valence-electron chi connectivity index (χ4n) is 3.49. The van der Waals surface area contributed by atoms with E-state index in [-0.39, 0.29) is 5.91 Å². The van der Waals surface area contributed by atoms with Gasteiger partial charge in [0.2, 0.25) is 5.91 Å². The third-order valence-corrected chi connectivity index (χ3v) is 5.46. The van der Waals surface area contributed by atoms with E-state index < -0.39 is 11.6 Å². The molecule has 1 aliphatic heterocycles. The summed E-state index contributed by atoms with van der Waals surface area (Å²) in [6.07, 6.45) is 27.9. The van der Waals surface area contributed by atoms with Crippen LogP contribution in [0.3, 0.4) is 0 Å². The van der Waals surface area contributed by atoms with E-state index in [4.69, 9.17) is 5.73 Å². The standard InChI is InChI=1S/C27H41N3O2.C3H8/c1-4-6-7-8-9-10-11-12-13-14-15-16-17-18-19-22-25(31)29-26(32)27(28,5-2)30-23-20-21-24(30)3;1-3-2/h4,7-8,10-11,13-14,16-17H,1,3,5-6,9,12,15,18-23,28H2,2H3,(H,29,31,32);3H2,1-2H3/b8-7-,11-10-,14-13-,17-16-;/t27-;/m0./s1. The highest BCUT2D eigenvalue weighted by atomic mass is 16.2. The summed E-state index contributed by atoms with van der Waals surface area (Å²) in [6, 6.07) is 0. The normalized spacial score (nSPS) is 15.7. The summed E-state index contributed by atoms with van der Waals surface area (Å²) in [5.74, 6) is -0.710. The number of nitrogens with zero attached hydrogens (tertiary/aromatic N) is 1. The Balaban J connectivity index is 0.00000365. The first kappa shape index (κ1) is 32.3. The molecule has 2 amide bonds. The minimum atomic E-state index is -1.20. The molecule has 196 valence electrons. The molecule has 0 aromatic carbocycles. The van der Waals surface area contributed by atoms with Gasteiger partial charge >= 0.3 is 0 Å². The number of unbranched alkanes of at least 4 members (excludes halogenated alkanes) is 1. The third-order valence-electron chi connectivity index (χ3n) is 5.46. The number of allylic oxidation sites excluding steroid dienone is 10. The SMILES string of the molecule is C=CC/C=C\C/C=C\C/C=C\C/C=C\CCCC(=O)NC(=O)[C@](N)(CC)N1CCCC1=C.CCC. The number of nitrogens with two attached hydrogens (primary N) is 1. The summed E-state index contributed by atoms with van der Waals surface area (Å²) < 4.78 is 0. The van der Waals surface area contributed by atoms with Crippen LogP contribution in [0.2, 0.25) is 0 Å². The molecule has 0 spiro atoms. The summed E-state index contributed by atoms with van der Waals surface area (Å²) in [6.45, 7) is 14.5. The third kappa shape index (κ3) is 14.4. The van der Waals surface area contributed by atoms with Crippen molar-refractivity contribution in [1.29, 1.82) is 0 Å². The lowest BCUT2D eigenvalue weighted by atomic mass is 10.0. The number of hydrogen-bond acceptors (Lipinski definition) is 4. The molecule has 1 heterocycles. The van der Waals surface area contributed by atoms with Crippen LogP contribution in [0, 0.1) is 0 Å². The molecule has 35 heavy (non-hydrogen) atoms. The van der Waals surface area contributed by atoms with Crippen LogP contribution in [0.1, 0.15) is 91.4 Å². The molecule has 1 saturated heterocycles. The zero-order valence-electron chi connectivity index (χ0n) is 22.4. The van der Waals surface area contributed by atoms with E-state index in [0.717, 1.165) is 50.6 Å². The van der Waals surface area contributed by atoms with E-state index >= 15 is 0 Å². The molecule has 0 radical (unpaired) electrons. The van der Waals surface area contributed by atoms with E-state index in [1.54, 1.807) is 0 Å². The van der Waals surface area contributed by atoms with Crippen molar-refractivity contribution in [2.45, 2.75) is 97.1 Å². The van der Waals surface area contributed by atoms with Crippen LogP contribution < -0.4 is 11.1 Å². The van der Waals surface area contributed by atoms with Gasteiger partial charge in [-0.25, -0.2) is 0 Å². The van der Waals surface area contributed by atoms with Crippen LogP contribution >= 0.6 is 0 Å². The summed E-state index contributed by atoms with van der Waals surface area (Å²) in [5.41, 5.74) is 6.01. The summed E-state index contributed by atoms with van der Waals surface area (Å²) in [4.78, 5) is 26.6. The molecule has 0 aromatic rings. The van der Waals surface area contributed by atoms with Gasteiger partial charge < -0.3 is 10.6 Å². The minimum absolute atomic E-state index is 0.275. The van der Waals surface area contributed by atoms with Gasteiger partial charge in [-0.1, -0.05) is 88.5 Å². The quantitative estimate of drug-likeness (QED) is 0.197. The Kier molecular flexibility index (Phi) is 19.1.